The summed E-state index contributed by atoms with van der Waals surface area (Å²) in [5.74, 6) is 0. The van der Waals surface area contributed by atoms with E-state index in [2.05, 4.69) is 18.6 Å². The Bertz CT molecular complexity index is 680. The highest BCUT2D eigenvalue weighted by Gasteiger charge is 2.33. The summed E-state index contributed by atoms with van der Waals surface area (Å²) >= 11 is 0. The summed E-state index contributed by atoms with van der Waals surface area (Å²) in [5.41, 5.74) is 2.35. The van der Waals surface area contributed by atoms with Gasteiger partial charge in [-0.3, -0.25) is 0 Å². The quantitative estimate of drug-likeness (QED) is 0.812. The maximum atomic E-state index is 12.7. The molecule has 134 valence electrons. The van der Waals surface area contributed by atoms with Crippen LogP contribution in [0.5, 0.6) is 0 Å². The molecule has 1 aromatic rings. The van der Waals surface area contributed by atoms with Crippen molar-refractivity contribution >= 4 is 10.0 Å². The van der Waals surface area contributed by atoms with Crippen LogP contribution in [0.4, 0.5) is 0 Å². The predicted octanol–water partition coefficient (Wildman–Crippen LogP) is 0.537. The summed E-state index contributed by atoms with van der Waals surface area (Å²) in [6, 6.07) is 5.61. The molecule has 1 aliphatic heterocycles. The van der Waals surface area contributed by atoms with Gasteiger partial charge in [-0.1, -0.05) is 6.07 Å². The van der Waals surface area contributed by atoms with Crippen LogP contribution in [-0.4, -0.2) is 46.8 Å². The van der Waals surface area contributed by atoms with E-state index in [1.165, 1.54) is 22.4 Å². The van der Waals surface area contributed by atoms with E-state index in [-0.39, 0.29) is 5.54 Å². The van der Waals surface area contributed by atoms with Gasteiger partial charge in [-0.25, -0.2) is 13.1 Å². The van der Waals surface area contributed by atoms with Gasteiger partial charge in [-0.15, -0.1) is 0 Å². The third-order valence-electron chi connectivity index (χ3n) is 5.39. The Labute approximate surface area is 145 Å². The van der Waals surface area contributed by atoms with Crippen molar-refractivity contribution in [3.63, 3.8) is 0 Å². The standard InChI is InChI=1S/C18H28N2O3S/c1-18(2,20-9-11-23-12-10-20)14-19-24(21,22)17-8-7-15-5-3-4-6-16(15)13-17/h7-8,13,19H,3-6,9-12,14H2,1-2H3/p+1. The summed E-state index contributed by atoms with van der Waals surface area (Å²) in [7, 11) is -3.46. The monoisotopic (exact) mass is 353 g/mol. The lowest BCUT2D eigenvalue weighted by Crippen LogP contribution is -3.22. The fourth-order valence-electron chi connectivity index (χ4n) is 3.66. The Morgan fingerprint density at radius 2 is 1.79 bits per heavy atom. The van der Waals surface area contributed by atoms with Gasteiger partial charge in [-0.05, 0) is 62.8 Å². The summed E-state index contributed by atoms with van der Waals surface area (Å²) in [4.78, 5) is 1.79. The third kappa shape index (κ3) is 3.99. The van der Waals surface area contributed by atoms with E-state index in [4.69, 9.17) is 4.74 Å². The zero-order chi connectivity index (χ0) is 17.2. The molecule has 6 heteroatoms. The van der Waals surface area contributed by atoms with Crippen LogP contribution in [-0.2, 0) is 27.6 Å². The molecular weight excluding hydrogens is 324 g/mol. The fourth-order valence-corrected chi connectivity index (χ4v) is 4.92. The molecule has 24 heavy (non-hydrogen) atoms. The molecule has 1 aromatic carbocycles. The molecule has 0 atom stereocenters. The maximum absolute atomic E-state index is 12.7. The number of morpholine rings is 1. The second-order valence-corrected chi connectivity index (χ2v) is 9.33. The number of nitrogens with one attached hydrogen (secondary N) is 2. The lowest BCUT2D eigenvalue weighted by molar-refractivity contribution is -0.954. The molecule has 0 spiro atoms. The number of rotatable bonds is 5. The third-order valence-corrected chi connectivity index (χ3v) is 6.79. The van der Waals surface area contributed by atoms with Crippen LogP contribution in [0.1, 0.15) is 37.8 Å². The number of fused-ring (bicyclic) bond motifs is 1. The van der Waals surface area contributed by atoms with E-state index in [0.717, 1.165) is 45.6 Å². The Morgan fingerprint density at radius 3 is 2.50 bits per heavy atom. The average Bonchev–Trinajstić information content (AvgIpc) is 2.60. The molecule has 2 aliphatic rings. The SMILES string of the molecule is CC(C)(CNS(=O)(=O)c1ccc2c(c1)CCCC2)[NH+]1CCOCC1. The maximum Gasteiger partial charge on any atom is 0.240 e. The van der Waals surface area contributed by atoms with Crippen molar-refractivity contribution in [1.29, 1.82) is 0 Å². The van der Waals surface area contributed by atoms with Crippen molar-refractivity contribution in [3.05, 3.63) is 29.3 Å². The number of hydrogen-bond donors (Lipinski definition) is 2. The average molecular weight is 354 g/mol. The minimum atomic E-state index is -3.46. The van der Waals surface area contributed by atoms with Crippen molar-refractivity contribution in [2.24, 2.45) is 0 Å². The normalized spacial score (nSPS) is 19.9. The number of sulfonamides is 1. The molecule has 0 radical (unpaired) electrons. The first kappa shape index (κ1) is 17.9. The van der Waals surface area contributed by atoms with Crippen molar-refractivity contribution in [2.45, 2.75) is 50.0 Å². The fraction of sp³-hybridized carbons (Fsp3) is 0.667. The van der Waals surface area contributed by atoms with E-state index in [0.29, 0.717) is 11.4 Å². The Morgan fingerprint density at radius 1 is 1.12 bits per heavy atom. The van der Waals surface area contributed by atoms with Gasteiger partial charge < -0.3 is 9.64 Å². The van der Waals surface area contributed by atoms with Gasteiger partial charge in [0, 0.05) is 0 Å². The van der Waals surface area contributed by atoms with Gasteiger partial charge in [0.25, 0.3) is 0 Å². The molecule has 1 fully saturated rings. The molecule has 2 N–H and O–H groups in total. The molecule has 0 bridgehead atoms. The second kappa shape index (κ2) is 7.12. The molecular formula is C18H29N2O3S+. The highest BCUT2D eigenvalue weighted by Crippen LogP contribution is 2.24. The summed E-state index contributed by atoms with van der Waals surface area (Å²) in [6.45, 7) is 8.00. The molecule has 3 rings (SSSR count). The van der Waals surface area contributed by atoms with E-state index >= 15 is 0 Å². The summed E-state index contributed by atoms with van der Waals surface area (Å²) in [5, 5.41) is 0. The Hall–Kier alpha value is -0.950. The molecule has 1 saturated heterocycles. The largest absolute Gasteiger partial charge is 0.370 e. The van der Waals surface area contributed by atoms with Crippen LogP contribution in [0.2, 0.25) is 0 Å². The molecule has 0 aromatic heterocycles. The summed E-state index contributed by atoms with van der Waals surface area (Å²) in [6.07, 6.45) is 4.41. The molecule has 0 amide bonds. The minimum absolute atomic E-state index is 0.148. The lowest BCUT2D eigenvalue weighted by Gasteiger charge is -2.37. The van der Waals surface area contributed by atoms with Gasteiger partial charge in [0.05, 0.1) is 24.7 Å². The first-order chi connectivity index (χ1) is 11.4. The highest BCUT2D eigenvalue weighted by atomic mass is 32.2. The number of benzene rings is 1. The first-order valence-electron chi connectivity index (χ1n) is 8.93. The second-order valence-electron chi connectivity index (χ2n) is 7.56. The van der Waals surface area contributed by atoms with Crippen molar-refractivity contribution in [3.8, 4) is 0 Å². The van der Waals surface area contributed by atoms with Gasteiger partial charge in [0.1, 0.15) is 18.6 Å². The van der Waals surface area contributed by atoms with Crippen molar-refractivity contribution in [1.82, 2.24) is 4.72 Å². The molecule has 5 nitrogen and oxygen atoms in total. The van der Waals surface area contributed by atoms with E-state index < -0.39 is 10.0 Å². The van der Waals surface area contributed by atoms with Crippen LogP contribution in [0.25, 0.3) is 0 Å². The van der Waals surface area contributed by atoms with Gasteiger partial charge in [-0.2, -0.15) is 0 Å². The predicted molar refractivity (Wildman–Crippen MR) is 93.9 cm³/mol. The van der Waals surface area contributed by atoms with Crippen molar-refractivity contribution in [2.75, 3.05) is 32.8 Å². The highest BCUT2D eigenvalue weighted by molar-refractivity contribution is 7.89. The van der Waals surface area contributed by atoms with E-state index in [9.17, 15) is 8.42 Å². The number of aryl methyl sites for hydroxylation is 2. The van der Waals surface area contributed by atoms with Gasteiger partial charge in [0.2, 0.25) is 10.0 Å². The first-order valence-corrected chi connectivity index (χ1v) is 10.4. The Kier molecular flexibility index (Phi) is 5.30. The topological polar surface area (TPSA) is 59.8 Å². The van der Waals surface area contributed by atoms with Crippen LogP contribution in [0.15, 0.2) is 23.1 Å². The van der Waals surface area contributed by atoms with E-state index in [1.54, 1.807) is 6.07 Å². The van der Waals surface area contributed by atoms with Crippen LogP contribution in [0, 0.1) is 0 Å². The van der Waals surface area contributed by atoms with Gasteiger partial charge >= 0.3 is 0 Å². The van der Waals surface area contributed by atoms with Gasteiger partial charge in [0.15, 0.2) is 0 Å². The number of hydrogen-bond acceptors (Lipinski definition) is 3. The Balaban J connectivity index is 1.69. The van der Waals surface area contributed by atoms with Crippen LogP contribution in [0.3, 0.4) is 0 Å². The number of ether oxygens (including phenoxy) is 1. The zero-order valence-corrected chi connectivity index (χ0v) is 15.5. The molecule has 0 unspecified atom stereocenters. The summed E-state index contributed by atoms with van der Waals surface area (Å²) < 4.78 is 33.6. The molecule has 1 heterocycles. The van der Waals surface area contributed by atoms with Crippen LogP contribution < -0.4 is 9.62 Å². The lowest BCUT2D eigenvalue weighted by atomic mass is 9.92. The minimum Gasteiger partial charge on any atom is -0.370 e. The smallest absolute Gasteiger partial charge is 0.240 e. The molecule has 1 aliphatic carbocycles. The molecule has 0 saturated carbocycles. The van der Waals surface area contributed by atoms with Crippen LogP contribution >= 0.6 is 0 Å². The zero-order valence-electron chi connectivity index (χ0n) is 14.7. The number of quaternary nitrogens is 1. The van der Waals surface area contributed by atoms with Crippen molar-refractivity contribution < 1.29 is 18.1 Å². The van der Waals surface area contributed by atoms with E-state index in [1.807, 2.05) is 12.1 Å².